The second kappa shape index (κ2) is 3.87. The largest absolute Gasteiger partial charge is 0.341 e. The maximum absolute atomic E-state index is 12.0. The number of carbonyl (C=O) groups is 1. The fourth-order valence-corrected chi connectivity index (χ4v) is 2.42. The number of hydrogen-bond acceptors (Lipinski definition) is 3. The summed E-state index contributed by atoms with van der Waals surface area (Å²) >= 11 is 0. The molecule has 3 atom stereocenters. The molecule has 0 aromatic heterocycles. The zero-order valence-electron chi connectivity index (χ0n) is 8.70. The van der Waals surface area contributed by atoms with Crippen molar-refractivity contribution in [3.63, 3.8) is 0 Å². The first-order chi connectivity index (χ1) is 6.68. The van der Waals surface area contributed by atoms with E-state index in [0.717, 1.165) is 32.5 Å². The summed E-state index contributed by atoms with van der Waals surface area (Å²) in [7, 11) is 0. The molecule has 1 amide bonds. The number of rotatable bonds is 1. The molecule has 0 radical (unpaired) electrons. The third kappa shape index (κ3) is 1.77. The number of nitrogens with zero attached hydrogens (tertiary/aromatic N) is 1. The van der Waals surface area contributed by atoms with E-state index in [-0.39, 0.29) is 12.0 Å². The Morgan fingerprint density at radius 3 is 2.79 bits per heavy atom. The summed E-state index contributed by atoms with van der Waals surface area (Å²) in [5, 5.41) is 3.31. The lowest BCUT2D eigenvalue weighted by molar-refractivity contribution is -0.134. The number of nitrogens with one attached hydrogen (secondary N) is 1. The molecule has 4 nitrogen and oxygen atoms in total. The van der Waals surface area contributed by atoms with Gasteiger partial charge in [-0.2, -0.15) is 0 Å². The molecule has 14 heavy (non-hydrogen) atoms. The lowest BCUT2D eigenvalue weighted by Crippen LogP contribution is -2.40. The molecule has 3 unspecified atom stereocenters. The van der Waals surface area contributed by atoms with Crippen LogP contribution in [0.4, 0.5) is 0 Å². The molecule has 0 aromatic rings. The Labute approximate surface area is 84.8 Å². The van der Waals surface area contributed by atoms with Crippen molar-refractivity contribution in [1.29, 1.82) is 0 Å². The second-order valence-corrected chi connectivity index (χ2v) is 4.47. The molecule has 4 heteroatoms. The van der Waals surface area contributed by atoms with Crippen molar-refractivity contribution in [3.8, 4) is 0 Å². The second-order valence-electron chi connectivity index (χ2n) is 4.47. The molecular weight excluding hydrogens is 178 g/mol. The fourth-order valence-electron chi connectivity index (χ4n) is 2.42. The van der Waals surface area contributed by atoms with Crippen LogP contribution in [0.15, 0.2) is 0 Å². The predicted octanol–water partition coefficient (Wildman–Crippen LogP) is -0.456. The van der Waals surface area contributed by atoms with E-state index in [0.29, 0.717) is 11.9 Å². The highest BCUT2D eigenvalue weighted by Gasteiger charge is 2.34. The summed E-state index contributed by atoms with van der Waals surface area (Å²) < 4.78 is 0. The van der Waals surface area contributed by atoms with E-state index in [9.17, 15) is 4.79 Å². The van der Waals surface area contributed by atoms with Gasteiger partial charge in [0.05, 0.1) is 5.92 Å². The highest BCUT2D eigenvalue weighted by molar-refractivity contribution is 5.80. The summed E-state index contributed by atoms with van der Waals surface area (Å²) in [5.74, 6) is 0.482. The fraction of sp³-hybridized carbons (Fsp3) is 0.900. The summed E-state index contributed by atoms with van der Waals surface area (Å²) in [6.45, 7) is 4.66. The van der Waals surface area contributed by atoms with Gasteiger partial charge in [0, 0.05) is 25.2 Å². The first-order valence-electron chi connectivity index (χ1n) is 5.46. The van der Waals surface area contributed by atoms with Crippen molar-refractivity contribution in [1.82, 2.24) is 10.2 Å². The number of likely N-dealkylation sites (tertiary alicyclic amines) is 1. The molecular formula is C10H19N3O. The third-order valence-electron chi connectivity index (χ3n) is 3.38. The molecule has 3 N–H and O–H groups in total. The van der Waals surface area contributed by atoms with Crippen LogP contribution in [0.25, 0.3) is 0 Å². The van der Waals surface area contributed by atoms with E-state index in [1.807, 2.05) is 4.90 Å². The Hall–Kier alpha value is -0.610. The molecule has 80 valence electrons. The highest BCUT2D eigenvalue weighted by atomic mass is 16.2. The van der Waals surface area contributed by atoms with Crippen LogP contribution in [0.3, 0.4) is 0 Å². The average Bonchev–Trinajstić information content (AvgIpc) is 2.73. The first kappa shape index (κ1) is 9.93. The maximum Gasteiger partial charge on any atom is 0.227 e. The zero-order valence-corrected chi connectivity index (χ0v) is 8.70. The summed E-state index contributed by atoms with van der Waals surface area (Å²) in [5.41, 5.74) is 5.79. The van der Waals surface area contributed by atoms with Crippen LogP contribution in [0.1, 0.15) is 19.8 Å². The topological polar surface area (TPSA) is 58.4 Å². The van der Waals surface area contributed by atoms with Gasteiger partial charge in [-0.1, -0.05) is 0 Å². The Morgan fingerprint density at radius 2 is 2.29 bits per heavy atom. The van der Waals surface area contributed by atoms with Crippen LogP contribution in [0.5, 0.6) is 0 Å². The van der Waals surface area contributed by atoms with Gasteiger partial charge in [-0.15, -0.1) is 0 Å². The summed E-state index contributed by atoms with van der Waals surface area (Å²) in [6, 6.07) is 0.531. The standard InChI is InChI=1S/C10H19N3O/c1-7-9(2-4-12-7)10(14)13-5-3-8(11)6-13/h7-9,12H,2-6,11H2,1H3. The SMILES string of the molecule is CC1NCCC1C(=O)N1CCC(N)C1. The van der Waals surface area contributed by atoms with Gasteiger partial charge in [0.15, 0.2) is 0 Å². The van der Waals surface area contributed by atoms with E-state index in [2.05, 4.69) is 12.2 Å². The predicted molar refractivity (Wildman–Crippen MR) is 54.7 cm³/mol. The highest BCUT2D eigenvalue weighted by Crippen LogP contribution is 2.20. The van der Waals surface area contributed by atoms with E-state index in [4.69, 9.17) is 5.73 Å². The van der Waals surface area contributed by atoms with Crippen molar-refractivity contribution in [2.24, 2.45) is 11.7 Å². The monoisotopic (exact) mass is 197 g/mol. The quantitative estimate of drug-likeness (QED) is 0.598. The van der Waals surface area contributed by atoms with E-state index < -0.39 is 0 Å². The van der Waals surface area contributed by atoms with Crippen LogP contribution in [-0.2, 0) is 4.79 Å². The molecule has 2 fully saturated rings. The van der Waals surface area contributed by atoms with Gasteiger partial charge in [-0.25, -0.2) is 0 Å². The Balaban J connectivity index is 1.94. The van der Waals surface area contributed by atoms with E-state index >= 15 is 0 Å². The number of hydrogen-bond donors (Lipinski definition) is 2. The van der Waals surface area contributed by atoms with Gasteiger partial charge in [0.1, 0.15) is 0 Å². The lowest BCUT2D eigenvalue weighted by Gasteiger charge is -2.22. The van der Waals surface area contributed by atoms with Crippen LogP contribution in [-0.4, -0.2) is 42.5 Å². The van der Waals surface area contributed by atoms with Gasteiger partial charge in [0.2, 0.25) is 5.91 Å². The van der Waals surface area contributed by atoms with Gasteiger partial charge in [-0.3, -0.25) is 4.79 Å². The van der Waals surface area contributed by atoms with Crippen molar-refractivity contribution >= 4 is 5.91 Å². The molecule has 0 spiro atoms. The van der Waals surface area contributed by atoms with Crippen molar-refractivity contribution in [2.75, 3.05) is 19.6 Å². The third-order valence-corrected chi connectivity index (χ3v) is 3.38. The van der Waals surface area contributed by atoms with Crippen LogP contribution in [0.2, 0.25) is 0 Å². The lowest BCUT2D eigenvalue weighted by atomic mass is 10.0. The molecule has 2 aliphatic heterocycles. The molecule has 0 bridgehead atoms. The van der Waals surface area contributed by atoms with Gasteiger partial charge >= 0.3 is 0 Å². The maximum atomic E-state index is 12.0. The Kier molecular flexibility index (Phi) is 2.74. The van der Waals surface area contributed by atoms with E-state index in [1.165, 1.54) is 0 Å². The van der Waals surface area contributed by atoms with Crippen LogP contribution in [0, 0.1) is 5.92 Å². The zero-order chi connectivity index (χ0) is 10.1. The number of carbonyl (C=O) groups excluding carboxylic acids is 1. The molecule has 2 heterocycles. The normalized spacial score (nSPS) is 37.9. The van der Waals surface area contributed by atoms with Crippen LogP contribution >= 0.6 is 0 Å². The average molecular weight is 197 g/mol. The van der Waals surface area contributed by atoms with Crippen molar-refractivity contribution in [3.05, 3.63) is 0 Å². The smallest absolute Gasteiger partial charge is 0.227 e. The first-order valence-corrected chi connectivity index (χ1v) is 5.46. The molecule has 2 aliphatic rings. The molecule has 0 aromatic carbocycles. The van der Waals surface area contributed by atoms with Gasteiger partial charge in [0.25, 0.3) is 0 Å². The minimum atomic E-state index is 0.181. The Morgan fingerprint density at radius 1 is 1.50 bits per heavy atom. The minimum Gasteiger partial charge on any atom is -0.341 e. The van der Waals surface area contributed by atoms with Crippen LogP contribution < -0.4 is 11.1 Å². The molecule has 0 saturated carbocycles. The minimum absolute atomic E-state index is 0.181. The molecule has 0 aliphatic carbocycles. The van der Waals surface area contributed by atoms with Gasteiger partial charge in [-0.05, 0) is 26.3 Å². The van der Waals surface area contributed by atoms with Crippen molar-refractivity contribution in [2.45, 2.75) is 31.8 Å². The summed E-state index contributed by atoms with van der Waals surface area (Å²) in [6.07, 6.45) is 1.94. The number of amides is 1. The number of nitrogens with two attached hydrogens (primary N) is 1. The van der Waals surface area contributed by atoms with Crippen molar-refractivity contribution < 1.29 is 4.79 Å². The molecule has 2 saturated heterocycles. The molecule has 2 rings (SSSR count). The van der Waals surface area contributed by atoms with Gasteiger partial charge < -0.3 is 16.0 Å². The summed E-state index contributed by atoms with van der Waals surface area (Å²) in [4.78, 5) is 14.0. The Bertz CT molecular complexity index is 231. The van der Waals surface area contributed by atoms with E-state index in [1.54, 1.807) is 0 Å².